The molecule has 0 atom stereocenters. The Morgan fingerprint density at radius 1 is 1.08 bits per heavy atom. The van der Waals surface area contributed by atoms with Gasteiger partial charge in [0.25, 0.3) is 5.91 Å². The number of hydrogen-bond donors (Lipinski definition) is 1. The summed E-state index contributed by atoms with van der Waals surface area (Å²) in [5.74, 6) is -0.213. The summed E-state index contributed by atoms with van der Waals surface area (Å²) in [5, 5.41) is 2.74. The summed E-state index contributed by atoms with van der Waals surface area (Å²) in [5.41, 5.74) is 3.54. The van der Waals surface area contributed by atoms with Crippen LogP contribution in [0, 0.1) is 13.8 Å². The van der Waals surface area contributed by atoms with Crippen LogP contribution in [-0.2, 0) is 14.3 Å². The minimum Gasteiger partial charge on any atom is -0.497 e. The van der Waals surface area contributed by atoms with Crippen LogP contribution in [0.15, 0.2) is 48.5 Å². The number of nitrogens with one attached hydrogen (secondary N) is 1. The average molecular weight is 339 g/mol. The van der Waals surface area contributed by atoms with Crippen molar-refractivity contribution in [3.63, 3.8) is 0 Å². The van der Waals surface area contributed by atoms with E-state index in [1.807, 2.05) is 44.2 Å². The molecule has 130 valence electrons. The maximum atomic E-state index is 11.9. The van der Waals surface area contributed by atoms with Gasteiger partial charge in [-0.2, -0.15) is 0 Å². The standard InChI is InChI=1S/C20H21NO4/c1-14-4-5-15(2)18(12-14)21-19(22)13-25-20(23)11-8-16-6-9-17(24-3)10-7-16/h4-12H,13H2,1-3H3,(H,21,22). The predicted octanol–water partition coefficient (Wildman–Crippen LogP) is 3.51. The number of ether oxygens (including phenoxy) is 2. The lowest BCUT2D eigenvalue weighted by atomic mass is 10.1. The summed E-state index contributed by atoms with van der Waals surface area (Å²) in [7, 11) is 1.59. The molecular formula is C20H21NO4. The second-order valence-corrected chi connectivity index (χ2v) is 5.58. The highest BCUT2D eigenvalue weighted by Crippen LogP contribution is 2.16. The topological polar surface area (TPSA) is 64.6 Å². The van der Waals surface area contributed by atoms with Crippen LogP contribution in [-0.4, -0.2) is 25.6 Å². The van der Waals surface area contributed by atoms with Crippen molar-refractivity contribution >= 4 is 23.6 Å². The van der Waals surface area contributed by atoms with Gasteiger partial charge < -0.3 is 14.8 Å². The molecule has 2 aromatic rings. The molecule has 0 spiro atoms. The number of methoxy groups -OCH3 is 1. The molecule has 0 unspecified atom stereocenters. The summed E-state index contributed by atoms with van der Waals surface area (Å²) in [6, 6.07) is 13.0. The molecule has 0 radical (unpaired) electrons. The van der Waals surface area contributed by atoms with Gasteiger partial charge in [-0.25, -0.2) is 4.79 Å². The number of amides is 1. The van der Waals surface area contributed by atoms with Crippen LogP contribution < -0.4 is 10.1 Å². The van der Waals surface area contributed by atoms with Crippen molar-refractivity contribution in [2.45, 2.75) is 13.8 Å². The molecule has 1 N–H and O–H groups in total. The fourth-order valence-corrected chi connectivity index (χ4v) is 2.12. The highest BCUT2D eigenvalue weighted by Gasteiger charge is 2.07. The molecule has 0 fully saturated rings. The lowest BCUT2D eigenvalue weighted by Crippen LogP contribution is -2.20. The minimum absolute atomic E-state index is 0.334. The largest absolute Gasteiger partial charge is 0.497 e. The van der Waals surface area contributed by atoms with Crippen LogP contribution in [0.3, 0.4) is 0 Å². The number of esters is 1. The van der Waals surface area contributed by atoms with Crippen molar-refractivity contribution in [2.24, 2.45) is 0 Å². The summed E-state index contributed by atoms with van der Waals surface area (Å²) in [6.45, 7) is 3.51. The molecule has 0 aliphatic heterocycles. The van der Waals surface area contributed by atoms with E-state index >= 15 is 0 Å². The molecule has 0 heterocycles. The number of carbonyl (C=O) groups is 2. The molecule has 2 aromatic carbocycles. The molecule has 1 amide bonds. The zero-order valence-electron chi connectivity index (χ0n) is 14.5. The van der Waals surface area contributed by atoms with Gasteiger partial charge in [0.2, 0.25) is 0 Å². The fourth-order valence-electron chi connectivity index (χ4n) is 2.12. The van der Waals surface area contributed by atoms with Gasteiger partial charge in [-0.3, -0.25) is 4.79 Å². The average Bonchev–Trinajstić information content (AvgIpc) is 2.61. The second kappa shape index (κ2) is 8.68. The van der Waals surface area contributed by atoms with Crippen LogP contribution in [0.25, 0.3) is 6.08 Å². The number of hydrogen-bond acceptors (Lipinski definition) is 4. The molecule has 0 saturated carbocycles. The Labute approximate surface area is 147 Å². The molecule has 5 heteroatoms. The first kappa shape index (κ1) is 18.3. The van der Waals surface area contributed by atoms with Crippen molar-refractivity contribution < 1.29 is 19.1 Å². The first-order valence-corrected chi connectivity index (χ1v) is 7.84. The van der Waals surface area contributed by atoms with Crippen molar-refractivity contribution in [3.05, 3.63) is 65.2 Å². The predicted molar refractivity (Wildman–Crippen MR) is 97.5 cm³/mol. The van der Waals surface area contributed by atoms with E-state index < -0.39 is 5.97 Å². The molecule has 0 saturated heterocycles. The molecule has 0 aliphatic rings. The van der Waals surface area contributed by atoms with E-state index in [1.54, 1.807) is 25.3 Å². The molecular weight excluding hydrogens is 318 g/mol. The zero-order valence-corrected chi connectivity index (χ0v) is 14.5. The molecule has 25 heavy (non-hydrogen) atoms. The summed E-state index contributed by atoms with van der Waals surface area (Å²) < 4.78 is 10.0. The van der Waals surface area contributed by atoms with Crippen molar-refractivity contribution in [2.75, 3.05) is 19.0 Å². The second-order valence-electron chi connectivity index (χ2n) is 5.58. The van der Waals surface area contributed by atoms with Crippen LogP contribution in [0.1, 0.15) is 16.7 Å². The van der Waals surface area contributed by atoms with Gasteiger partial charge in [0.1, 0.15) is 5.75 Å². The summed E-state index contributed by atoms with van der Waals surface area (Å²) >= 11 is 0. The van der Waals surface area contributed by atoms with Gasteiger partial charge in [0.15, 0.2) is 6.61 Å². The van der Waals surface area contributed by atoms with Gasteiger partial charge in [0.05, 0.1) is 7.11 Å². The maximum Gasteiger partial charge on any atom is 0.331 e. The third-order valence-corrected chi connectivity index (χ3v) is 3.54. The van der Waals surface area contributed by atoms with Gasteiger partial charge in [-0.15, -0.1) is 0 Å². The molecule has 5 nitrogen and oxygen atoms in total. The van der Waals surface area contributed by atoms with Gasteiger partial charge in [-0.1, -0.05) is 24.3 Å². The van der Waals surface area contributed by atoms with Crippen LogP contribution in [0.2, 0.25) is 0 Å². The molecule has 0 aromatic heterocycles. The van der Waals surface area contributed by atoms with Crippen LogP contribution in [0.5, 0.6) is 5.75 Å². The van der Waals surface area contributed by atoms with E-state index in [1.165, 1.54) is 6.08 Å². The molecule has 2 rings (SSSR count). The number of carbonyl (C=O) groups excluding carboxylic acids is 2. The smallest absolute Gasteiger partial charge is 0.331 e. The van der Waals surface area contributed by atoms with Gasteiger partial charge in [-0.05, 0) is 54.8 Å². The van der Waals surface area contributed by atoms with Crippen LogP contribution >= 0.6 is 0 Å². The van der Waals surface area contributed by atoms with E-state index in [9.17, 15) is 9.59 Å². The van der Waals surface area contributed by atoms with Crippen molar-refractivity contribution in [1.82, 2.24) is 0 Å². The van der Waals surface area contributed by atoms with Crippen molar-refractivity contribution in [1.29, 1.82) is 0 Å². The highest BCUT2D eigenvalue weighted by molar-refractivity contribution is 5.95. The maximum absolute atomic E-state index is 11.9. The SMILES string of the molecule is COc1ccc(C=CC(=O)OCC(=O)Nc2cc(C)ccc2C)cc1. The first-order valence-electron chi connectivity index (χ1n) is 7.84. The Hall–Kier alpha value is -3.08. The Morgan fingerprint density at radius 3 is 2.48 bits per heavy atom. The lowest BCUT2D eigenvalue weighted by Gasteiger charge is -2.09. The molecule has 0 aliphatic carbocycles. The summed E-state index contributed by atoms with van der Waals surface area (Å²) in [6.07, 6.45) is 2.90. The Morgan fingerprint density at radius 2 is 1.80 bits per heavy atom. The quantitative estimate of drug-likeness (QED) is 0.646. The van der Waals surface area contributed by atoms with Gasteiger partial charge >= 0.3 is 5.97 Å². The number of anilines is 1. The fraction of sp³-hybridized carbons (Fsp3) is 0.200. The van der Waals surface area contributed by atoms with Crippen LogP contribution in [0.4, 0.5) is 5.69 Å². The zero-order chi connectivity index (χ0) is 18.2. The molecule has 0 bridgehead atoms. The van der Waals surface area contributed by atoms with Gasteiger partial charge in [0, 0.05) is 11.8 Å². The van der Waals surface area contributed by atoms with E-state index in [0.29, 0.717) is 0 Å². The third kappa shape index (κ3) is 5.80. The third-order valence-electron chi connectivity index (χ3n) is 3.54. The van der Waals surface area contributed by atoms with Crippen molar-refractivity contribution in [3.8, 4) is 5.75 Å². The van der Waals surface area contributed by atoms with E-state index in [2.05, 4.69) is 5.32 Å². The first-order chi connectivity index (χ1) is 12.0. The minimum atomic E-state index is -0.577. The Bertz CT molecular complexity index is 779. The number of rotatable bonds is 6. The Kier molecular flexibility index (Phi) is 6.34. The number of benzene rings is 2. The lowest BCUT2D eigenvalue weighted by molar-refractivity contribution is -0.142. The van der Waals surface area contributed by atoms with E-state index in [4.69, 9.17) is 9.47 Å². The Balaban J connectivity index is 1.83. The summed E-state index contributed by atoms with van der Waals surface area (Å²) in [4.78, 5) is 23.6. The normalized spacial score (nSPS) is 10.5. The highest BCUT2D eigenvalue weighted by atomic mass is 16.5. The van der Waals surface area contributed by atoms with E-state index in [0.717, 1.165) is 28.1 Å². The monoisotopic (exact) mass is 339 g/mol. The van der Waals surface area contributed by atoms with E-state index in [-0.39, 0.29) is 12.5 Å². The number of aryl methyl sites for hydroxylation is 2.